The number of Topliss-reactive ketones (excluding diaryl/α,β-unsaturated/α-hetero) is 2. The summed E-state index contributed by atoms with van der Waals surface area (Å²) in [6.45, 7) is 0.0635. The monoisotopic (exact) mass is 404 g/mol. The van der Waals surface area contributed by atoms with Crippen LogP contribution in [0.4, 0.5) is 0 Å². The first-order chi connectivity index (χ1) is 14.6. The molecule has 0 bridgehead atoms. The molecule has 3 fully saturated rings. The lowest BCUT2D eigenvalue weighted by Gasteiger charge is -2.49. The third kappa shape index (κ3) is 3.05. The number of hydrogen-bond acceptors (Lipinski definition) is 4. The fourth-order valence-electron chi connectivity index (χ4n) is 6.62. The predicted octanol–water partition coefficient (Wildman–Crippen LogP) is 3.74. The molecule has 0 aromatic heterocycles. The number of aliphatic hydroxyl groups is 2. The summed E-state index contributed by atoms with van der Waals surface area (Å²) in [6.07, 6.45) is 3.43. The summed E-state index contributed by atoms with van der Waals surface area (Å²) < 4.78 is 0. The Balaban J connectivity index is 1.56. The quantitative estimate of drug-likeness (QED) is 0.762. The van der Waals surface area contributed by atoms with Crippen LogP contribution >= 0.6 is 0 Å². The Morgan fingerprint density at radius 1 is 0.567 bits per heavy atom. The number of benzene rings is 2. The first kappa shape index (κ1) is 19.7. The number of ketones is 2. The molecule has 0 saturated heterocycles. The van der Waals surface area contributed by atoms with E-state index in [4.69, 9.17) is 0 Å². The van der Waals surface area contributed by atoms with Gasteiger partial charge in [0, 0.05) is 11.8 Å². The summed E-state index contributed by atoms with van der Waals surface area (Å²) in [6, 6.07) is 16.4. The van der Waals surface area contributed by atoms with Crippen LogP contribution in [-0.2, 0) is 22.8 Å². The summed E-state index contributed by atoms with van der Waals surface area (Å²) in [4.78, 5) is 25.5. The Labute approximate surface area is 176 Å². The van der Waals surface area contributed by atoms with Crippen molar-refractivity contribution in [3.63, 3.8) is 0 Å². The van der Waals surface area contributed by atoms with Gasteiger partial charge in [0.05, 0.1) is 13.2 Å². The standard InChI is InChI=1S/C26H28O4/c27-13-15-1-5-17(6-2-15)19-9-11-21-24-22(26(30)25(21)29)12-10-20(23(19)24)18-7-3-16(14-28)4-8-18/h1-8,19-24,27-28H,9-14H2. The van der Waals surface area contributed by atoms with Crippen molar-refractivity contribution >= 4 is 11.6 Å². The van der Waals surface area contributed by atoms with Gasteiger partial charge in [-0.3, -0.25) is 9.59 Å². The van der Waals surface area contributed by atoms with E-state index in [1.54, 1.807) is 0 Å². The highest BCUT2D eigenvalue weighted by molar-refractivity contribution is 6.41. The van der Waals surface area contributed by atoms with Gasteiger partial charge in [-0.1, -0.05) is 48.5 Å². The summed E-state index contributed by atoms with van der Waals surface area (Å²) in [5.74, 6) is 0.544. The van der Waals surface area contributed by atoms with E-state index >= 15 is 0 Å². The molecule has 30 heavy (non-hydrogen) atoms. The molecule has 3 saturated carbocycles. The normalized spacial score (nSPS) is 32.9. The average molecular weight is 405 g/mol. The molecule has 2 aromatic carbocycles. The minimum Gasteiger partial charge on any atom is -0.392 e. The fourth-order valence-corrected chi connectivity index (χ4v) is 6.62. The Bertz CT molecular complexity index is 869. The van der Waals surface area contributed by atoms with E-state index in [1.165, 1.54) is 11.1 Å². The zero-order chi connectivity index (χ0) is 20.8. The van der Waals surface area contributed by atoms with Gasteiger partial charge in [0.2, 0.25) is 11.6 Å². The van der Waals surface area contributed by atoms with Crippen LogP contribution in [0.15, 0.2) is 48.5 Å². The van der Waals surface area contributed by atoms with Crippen molar-refractivity contribution in [2.24, 2.45) is 23.7 Å². The maximum Gasteiger partial charge on any atom is 0.202 e. The highest BCUT2D eigenvalue weighted by Gasteiger charge is 2.59. The first-order valence-corrected chi connectivity index (χ1v) is 11.1. The molecular weight excluding hydrogens is 376 g/mol. The van der Waals surface area contributed by atoms with Crippen LogP contribution in [0.25, 0.3) is 0 Å². The molecule has 0 radical (unpaired) electrons. The molecule has 4 unspecified atom stereocenters. The van der Waals surface area contributed by atoms with E-state index in [0.29, 0.717) is 11.8 Å². The molecule has 2 aromatic rings. The van der Waals surface area contributed by atoms with Crippen molar-refractivity contribution in [3.05, 3.63) is 70.8 Å². The fraction of sp³-hybridized carbons (Fsp3) is 0.462. The molecule has 4 heteroatoms. The van der Waals surface area contributed by atoms with Gasteiger partial charge in [-0.15, -0.1) is 0 Å². The van der Waals surface area contributed by atoms with Gasteiger partial charge in [-0.05, 0) is 71.6 Å². The van der Waals surface area contributed by atoms with Gasteiger partial charge in [0.1, 0.15) is 0 Å². The molecule has 3 aliphatic carbocycles. The maximum absolute atomic E-state index is 12.7. The highest BCUT2D eigenvalue weighted by atomic mass is 16.3. The van der Waals surface area contributed by atoms with Gasteiger partial charge in [0.25, 0.3) is 0 Å². The van der Waals surface area contributed by atoms with E-state index in [2.05, 4.69) is 24.3 Å². The van der Waals surface area contributed by atoms with E-state index < -0.39 is 0 Å². The molecule has 0 spiro atoms. The largest absolute Gasteiger partial charge is 0.392 e. The number of hydrogen-bond donors (Lipinski definition) is 2. The van der Waals surface area contributed by atoms with Crippen molar-refractivity contribution in [3.8, 4) is 0 Å². The maximum atomic E-state index is 12.7. The molecule has 0 aliphatic heterocycles. The van der Waals surface area contributed by atoms with E-state index in [1.807, 2.05) is 24.3 Å². The van der Waals surface area contributed by atoms with Crippen molar-refractivity contribution in [2.45, 2.75) is 50.7 Å². The SMILES string of the molecule is O=C1C(=O)C2CCC(c3ccc(CO)cc3)C3C(c4ccc(CO)cc4)CCC1C23. The third-order valence-electron chi connectivity index (χ3n) is 7.98. The van der Waals surface area contributed by atoms with Crippen molar-refractivity contribution in [2.75, 3.05) is 0 Å². The minimum atomic E-state index is -0.125. The molecule has 0 heterocycles. The number of carbonyl (C=O) groups excluding carboxylic acids is 2. The lowest BCUT2D eigenvalue weighted by Crippen LogP contribution is -2.42. The van der Waals surface area contributed by atoms with Crippen LogP contribution in [0, 0.1) is 23.7 Å². The van der Waals surface area contributed by atoms with Crippen LogP contribution in [0.5, 0.6) is 0 Å². The van der Waals surface area contributed by atoms with Gasteiger partial charge in [-0.25, -0.2) is 0 Å². The Hall–Kier alpha value is -2.30. The molecule has 4 atom stereocenters. The summed E-state index contributed by atoms with van der Waals surface area (Å²) in [5.41, 5.74) is 4.30. The summed E-state index contributed by atoms with van der Waals surface area (Å²) in [5, 5.41) is 18.8. The minimum absolute atomic E-state index is 0.0317. The first-order valence-electron chi connectivity index (χ1n) is 11.1. The number of aliphatic hydroxyl groups excluding tert-OH is 2. The second-order valence-corrected chi connectivity index (χ2v) is 9.26. The zero-order valence-electron chi connectivity index (χ0n) is 17.0. The smallest absolute Gasteiger partial charge is 0.202 e. The molecular formula is C26H28O4. The topological polar surface area (TPSA) is 74.6 Å². The van der Waals surface area contributed by atoms with E-state index in [0.717, 1.165) is 36.8 Å². The molecule has 2 N–H and O–H groups in total. The van der Waals surface area contributed by atoms with Crippen LogP contribution in [0.1, 0.15) is 59.8 Å². The van der Waals surface area contributed by atoms with Crippen LogP contribution in [-0.4, -0.2) is 21.8 Å². The van der Waals surface area contributed by atoms with Gasteiger partial charge < -0.3 is 10.2 Å². The molecule has 3 aliphatic rings. The van der Waals surface area contributed by atoms with E-state index in [9.17, 15) is 19.8 Å². The Morgan fingerprint density at radius 3 is 1.27 bits per heavy atom. The molecule has 4 nitrogen and oxygen atoms in total. The highest BCUT2D eigenvalue weighted by Crippen LogP contribution is 2.60. The Morgan fingerprint density at radius 2 is 0.900 bits per heavy atom. The predicted molar refractivity (Wildman–Crippen MR) is 113 cm³/mol. The molecule has 0 amide bonds. The lowest BCUT2D eigenvalue weighted by atomic mass is 9.54. The lowest BCUT2D eigenvalue weighted by molar-refractivity contribution is -0.137. The van der Waals surface area contributed by atoms with Crippen molar-refractivity contribution < 1.29 is 19.8 Å². The van der Waals surface area contributed by atoms with Gasteiger partial charge >= 0.3 is 0 Å². The average Bonchev–Trinajstić information content (AvgIpc) is 3.06. The Kier molecular flexibility index (Phi) is 5.08. The second kappa shape index (κ2) is 7.75. The van der Waals surface area contributed by atoms with Crippen LogP contribution in [0.2, 0.25) is 0 Å². The van der Waals surface area contributed by atoms with Gasteiger partial charge in [0.15, 0.2) is 0 Å². The van der Waals surface area contributed by atoms with Crippen LogP contribution in [0.3, 0.4) is 0 Å². The number of carbonyl (C=O) groups is 2. The summed E-state index contributed by atoms with van der Waals surface area (Å²) >= 11 is 0. The van der Waals surface area contributed by atoms with Crippen LogP contribution < -0.4 is 0 Å². The van der Waals surface area contributed by atoms with Gasteiger partial charge in [-0.2, -0.15) is 0 Å². The second-order valence-electron chi connectivity index (χ2n) is 9.26. The zero-order valence-corrected chi connectivity index (χ0v) is 17.0. The molecule has 5 rings (SSSR count). The van der Waals surface area contributed by atoms with Crippen molar-refractivity contribution in [1.82, 2.24) is 0 Å². The summed E-state index contributed by atoms with van der Waals surface area (Å²) in [7, 11) is 0. The number of rotatable bonds is 4. The van der Waals surface area contributed by atoms with E-state index in [-0.39, 0.29) is 48.5 Å². The third-order valence-corrected chi connectivity index (χ3v) is 7.98. The van der Waals surface area contributed by atoms with Crippen molar-refractivity contribution in [1.29, 1.82) is 0 Å². The molecule has 156 valence electrons.